The molecule has 3 nitrogen and oxygen atoms in total. The smallest absolute Gasteiger partial charge is 0.266 e. The molecule has 4 aromatic carbocycles. The number of hydrogen-bond donors (Lipinski definition) is 1. The molecule has 0 saturated carbocycles. The third kappa shape index (κ3) is 3.34. The zero-order valence-electron chi connectivity index (χ0n) is 14.8. The van der Waals surface area contributed by atoms with Gasteiger partial charge in [-0.1, -0.05) is 48.5 Å². The first-order valence-electron chi connectivity index (χ1n) is 8.75. The molecule has 0 aliphatic heterocycles. The molecule has 0 aliphatic carbocycles. The Morgan fingerprint density at radius 2 is 1.46 bits per heavy atom. The first-order valence-corrected chi connectivity index (χ1v) is 8.75. The molecule has 0 aliphatic rings. The predicted octanol–water partition coefficient (Wildman–Crippen LogP) is 5.68. The minimum atomic E-state index is -0.536. The number of benzene rings is 4. The summed E-state index contributed by atoms with van der Waals surface area (Å²) in [6, 6.07) is 25.2. The second kappa shape index (κ2) is 7.34. The summed E-state index contributed by atoms with van der Waals surface area (Å²) in [5, 5.41) is 16.2. The van der Waals surface area contributed by atoms with Crippen LogP contribution in [-0.2, 0) is 4.79 Å². The number of nitrogens with zero attached hydrogens (tertiary/aromatic N) is 1. The lowest BCUT2D eigenvalue weighted by molar-refractivity contribution is -0.112. The van der Waals surface area contributed by atoms with Gasteiger partial charge in [0.15, 0.2) is 0 Å². The molecular formula is C24H15FN2O. The van der Waals surface area contributed by atoms with Crippen LogP contribution in [0.1, 0.15) is 5.56 Å². The van der Waals surface area contributed by atoms with Crippen LogP contribution in [0.4, 0.5) is 10.1 Å². The summed E-state index contributed by atoms with van der Waals surface area (Å²) < 4.78 is 13.1. The normalized spacial score (nSPS) is 11.4. The van der Waals surface area contributed by atoms with E-state index in [2.05, 4.69) is 11.4 Å². The van der Waals surface area contributed by atoms with Crippen molar-refractivity contribution in [2.75, 3.05) is 5.32 Å². The van der Waals surface area contributed by atoms with Crippen LogP contribution in [-0.4, -0.2) is 5.91 Å². The second-order valence-electron chi connectivity index (χ2n) is 6.36. The van der Waals surface area contributed by atoms with Crippen molar-refractivity contribution in [3.8, 4) is 6.07 Å². The van der Waals surface area contributed by atoms with E-state index >= 15 is 0 Å². The van der Waals surface area contributed by atoms with E-state index in [1.807, 2.05) is 54.6 Å². The summed E-state index contributed by atoms with van der Waals surface area (Å²) in [6.45, 7) is 0. The monoisotopic (exact) mass is 366 g/mol. The number of amides is 1. The molecule has 0 unspecified atom stereocenters. The second-order valence-corrected chi connectivity index (χ2v) is 6.36. The number of carbonyl (C=O) groups excluding carboxylic acids is 1. The third-order valence-electron chi connectivity index (χ3n) is 4.57. The Hall–Kier alpha value is -3.97. The van der Waals surface area contributed by atoms with Crippen LogP contribution in [0.2, 0.25) is 0 Å². The molecule has 4 rings (SSSR count). The highest BCUT2D eigenvalue weighted by Gasteiger charge is 2.12. The number of rotatable bonds is 3. The van der Waals surface area contributed by atoms with E-state index in [9.17, 15) is 14.4 Å². The Morgan fingerprint density at radius 1 is 0.893 bits per heavy atom. The maximum absolute atomic E-state index is 13.1. The van der Waals surface area contributed by atoms with Gasteiger partial charge in [-0.25, -0.2) is 4.39 Å². The van der Waals surface area contributed by atoms with Gasteiger partial charge in [-0.15, -0.1) is 0 Å². The van der Waals surface area contributed by atoms with Crippen LogP contribution in [0.25, 0.3) is 27.6 Å². The summed E-state index contributed by atoms with van der Waals surface area (Å²) in [7, 11) is 0. The number of anilines is 1. The van der Waals surface area contributed by atoms with Crippen LogP contribution < -0.4 is 5.32 Å². The first kappa shape index (κ1) is 17.4. The average Bonchev–Trinajstić information content (AvgIpc) is 2.72. The number of halogens is 1. The van der Waals surface area contributed by atoms with Crippen LogP contribution in [0, 0.1) is 17.1 Å². The lowest BCUT2D eigenvalue weighted by Gasteiger charge is -2.09. The largest absolute Gasteiger partial charge is 0.321 e. The van der Waals surface area contributed by atoms with Gasteiger partial charge in [0.1, 0.15) is 17.5 Å². The number of nitriles is 1. The number of fused-ring (bicyclic) bond motifs is 2. The van der Waals surface area contributed by atoms with Crippen molar-refractivity contribution in [1.29, 1.82) is 5.26 Å². The lowest BCUT2D eigenvalue weighted by atomic mass is 9.95. The minimum Gasteiger partial charge on any atom is -0.321 e. The predicted molar refractivity (Wildman–Crippen MR) is 110 cm³/mol. The number of hydrogen-bond acceptors (Lipinski definition) is 2. The average molecular weight is 366 g/mol. The molecular weight excluding hydrogens is 351 g/mol. The molecule has 0 heterocycles. The van der Waals surface area contributed by atoms with Crippen molar-refractivity contribution in [2.45, 2.75) is 0 Å². The number of nitrogens with one attached hydrogen (secondary N) is 1. The molecule has 0 atom stereocenters. The van der Waals surface area contributed by atoms with Gasteiger partial charge in [0.05, 0.1) is 0 Å². The fraction of sp³-hybridized carbons (Fsp3) is 0. The van der Waals surface area contributed by atoms with Crippen LogP contribution in [0.5, 0.6) is 0 Å². The van der Waals surface area contributed by atoms with E-state index < -0.39 is 11.7 Å². The molecule has 1 N–H and O–H groups in total. The van der Waals surface area contributed by atoms with Crippen LogP contribution in [0.15, 0.2) is 84.4 Å². The molecule has 0 bridgehead atoms. The van der Waals surface area contributed by atoms with Gasteiger partial charge in [0, 0.05) is 5.69 Å². The first-order chi connectivity index (χ1) is 13.7. The Balaban J connectivity index is 1.83. The maximum Gasteiger partial charge on any atom is 0.266 e. The summed E-state index contributed by atoms with van der Waals surface area (Å²) in [5.74, 6) is -0.928. The van der Waals surface area contributed by atoms with Crippen molar-refractivity contribution in [3.63, 3.8) is 0 Å². The van der Waals surface area contributed by atoms with E-state index in [1.54, 1.807) is 6.08 Å². The van der Waals surface area contributed by atoms with Gasteiger partial charge in [0.25, 0.3) is 5.91 Å². The molecule has 4 aromatic rings. The molecule has 134 valence electrons. The minimum absolute atomic E-state index is 0.0224. The fourth-order valence-electron chi connectivity index (χ4n) is 3.23. The summed E-state index contributed by atoms with van der Waals surface area (Å²) >= 11 is 0. The van der Waals surface area contributed by atoms with E-state index in [0.717, 1.165) is 27.1 Å². The van der Waals surface area contributed by atoms with Crippen molar-refractivity contribution >= 4 is 39.2 Å². The molecule has 1 amide bonds. The lowest BCUT2D eigenvalue weighted by Crippen LogP contribution is -2.13. The molecule has 0 aromatic heterocycles. The molecule has 4 heteroatoms. The van der Waals surface area contributed by atoms with Gasteiger partial charge < -0.3 is 5.32 Å². The van der Waals surface area contributed by atoms with Crippen LogP contribution in [0.3, 0.4) is 0 Å². The Morgan fingerprint density at radius 3 is 2.04 bits per heavy atom. The summed E-state index contributed by atoms with van der Waals surface area (Å²) in [4.78, 5) is 12.6. The van der Waals surface area contributed by atoms with Gasteiger partial charge in [-0.2, -0.15) is 5.26 Å². The highest BCUT2D eigenvalue weighted by atomic mass is 19.1. The Kier molecular flexibility index (Phi) is 4.57. The summed E-state index contributed by atoms with van der Waals surface area (Å²) in [6.07, 6.45) is 1.61. The molecule has 0 saturated heterocycles. The highest BCUT2D eigenvalue weighted by Crippen LogP contribution is 2.30. The SMILES string of the molecule is N#C/C(=C\c1c2ccccc2cc2ccccc12)C(=O)Nc1ccc(F)cc1. The molecule has 0 spiro atoms. The Labute approximate surface area is 161 Å². The molecule has 0 radical (unpaired) electrons. The number of carbonyl (C=O) groups is 1. The van der Waals surface area contributed by atoms with E-state index in [0.29, 0.717) is 5.69 Å². The van der Waals surface area contributed by atoms with Crippen LogP contribution >= 0.6 is 0 Å². The van der Waals surface area contributed by atoms with Gasteiger partial charge in [-0.05, 0) is 63.5 Å². The maximum atomic E-state index is 13.1. The third-order valence-corrected chi connectivity index (χ3v) is 4.57. The van der Waals surface area contributed by atoms with E-state index in [1.165, 1.54) is 24.3 Å². The zero-order chi connectivity index (χ0) is 19.5. The fourth-order valence-corrected chi connectivity index (χ4v) is 3.23. The van der Waals surface area contributed by atoms with E-state index in [-0.39, 0.29) is 5.57 Å². The molecule has 28 heavy (non-hydrogen) atoms. The topological polar surface area (TPSA) is 52.9 Å². The quantitative estimate of drug-likeness (QED) is 0.288. The van der Waals surface area contributed by atoms with E-state index in [4.69, 9.17) is 0 Å². The standard InChI is InChI=1S/C24H15FN2O/c25-19-9-11-20(12-10-19)27-24(28)18(15-26)14-23-21-7-3-1-5-16(21)13-17-6-2-4-8-22(17)23/h1-14H,(H,27,28)/b18-14+. The van der Waals surface area contributed by atoms with Crippen molar-refractivity contribution in [2.24, 2.45) is 0 Å². The van der Waals surface area contributed by atoms with Gasteiger partial charge in [-0.3, -0.25) is 4.79 Å². The van der Waals surface area contributed by atoms with Crippen molar-refractivity contribution in [3.05, 3.63) is 95.8 Å². The Bertz CT molecular complexity index is 1210. The van der Waals surface area contributed by atoms with Crippen molar-refractivity contribution in [1.82, 2.24) is 0 Å². The summed E-state index contributed by atoms with van der Waals surface area (Å²) in [5.41, 5.74) is 1.22. The van der Waals surface area contributed by atoms with Gasteiger partial charge >= 0.3 is 0 Å². The highest BCUT2D eigenvalue weighted by molar-refractivity contribution is 6.14. The van der Waals surface area contributed by atoms with Gasteiger partial charge in [0.2, 0.25) is 0 Å². The zero-order valence-corrected chi connectivity index (χ0v) is 14.8. The van der Waals surface area contributed by atoms with Crippen molar-refractivity contribution < 1.29 is 9.18 Å². The molecule has 0 fully saturated rings.